The number of nitrogens with one attached hydrogen (secondary N) is 1. The van der Waals surface area contributed by atoms with Crippen molar-refractivity contribution in [1.82, 2.24) is 14.9 Å². The molecule has 3 aromatic carbocycles. The van der Waals surface area contributed by atoms with Crippen LogP contribution in [0.1, 0.15) is 5.56 Å². The molecule has 5 nitrogen and oxygen atoms in total. The maximum atomic E-state index is 12.7. The van der Waals surface area contributed by atoms with Crippen molar-refractivity contribution in [3.63, 3.8) is 0 Å². The standard InChI is InChI=1S/C23H18ClN3O2/c24-18-10-6-7-16(13-18)14-25-21(28)15-27-20-12-5-4-11-19(20)22(26-23(27)29)17-8-2-1-3-9-17/h1-13H,14-15H2,(H,25,28). The van der Waals surface area contributed by atoms with Crippen LogP contribution in [0.4, 0.5) is 0 Å². The number of aromatic nitrogens is 2. The Morgan fingerprint density at radius 3 is 2.52 bits per heavy atom. The predicted molar refractivity (Wildman–Crippen MR) is 115 cm³/mol. The van der Waals surface area contributed by atoms with Crippen molar-refractivity contribution >= 4 is 28.4 Å². The van der Waals surface area contributed by atoms with Gasteiger partial charge in [-0.05, 0) is 23.8 Å². The van der Waals surface area contributed by atoms with Crippen LogP contribution in [0.3, 0.4) is 0 Å². The lowest BCUT2D eigenvalue weighted by molar-refractivity contribution is -0.121. The highest BCUT2D eigenvalue weighted by atomic mass is 35.5. The maximum absolute atomic E-state index is 12.7. The van der Waals surface area contributed by atoms with Crippen LogP contribution >= 0.6 is 11.6 Å². The second-order valence-electron chi connectivity index (χ2n) is 6.62. The summed E-state index contributed by atoms with van der Waals surface area (Å²) < 4.78 is 1.40. The van der Waals surface area contributed by atoms with Crippen molar-refractivity contribution < 1.29 is 4.79 Å². The Morgan fingerprint density at radius 1 is 0.966 bits per heavy atom. The van der Waals surface area contributed by atoms with Crippen LogP contribution in [-0.4, -0.2) is 15.5 Å². The zero-order valence-electron chi connectivity index (χ0n) is 15.5. The van der Waals surface area contributed by atoms with Crippen molar-refractivity contribution in [2.45, 2.75) is 13.1 Å². The highest BCUT2D eigenvalue weighted by Crippen LogP contribution is 2.24. The van der Waals surface area contributed by atoms with Crippen LogP contribution in [0.15, 0.2) is 83.7 Å². The summed E-state index contributed by atoms with van der Waals surface area (Å²) >= 11 is 5.97. The zero-order valence-corrected chi connectivity index (χ0v) is 16.3. The Morgan fingerprint density at radius 2 is 1.72 bits per heavy atom. The first-order chi connectivity index (χ1) is 14.1. The van der Waals surface area contributed by atoms with Gasteiger partial charge in [0, 0.05) is 22.5 Å². The Bertz CT molecular complexity index is 1240. The Labute approximate surface area is 172 Å². The number of halogens is 1. The Hall–Kier alpha value is -3.44. The van der Waals surface area contributed by atoms with Gasteiger partial charge >= 0.3 is 5.69 Å². The average molecular weight is 404 g/mol. The van der Waals surface area contributed by atoms with E-state index in [1.54, 1.807) is 12.1 Å². The maximum Gasteiger partial charge on any atom is 0.349 e. The summed E-state index contributed by atoms with van der Waals surface area (Å²) in [5.74, 6) is -0.272. The van der Waals surface area contributed by atoms with E-state index < -0.39 is 5.69 Å². The number of para-hydroxylation sites is 1. The normalized spacial score (nSPS) is 10.8. The van der Waals surface area contributed by atoms with Gasteiger partial charge in [0.15, 0.2) is 0 Å². The lowest BCUT2D eigenvalue weighted by Crippen LogP contribution is -2.33. The van der Waals surface area contributed by atoms with Gasteiger partial charge in [0.1, 0.15) is 6.54 Å². The van der Waals surface area contributed by atoms with Crippen molar-refractivity contribution in [2.75, 3.05) is 0 Å². The number of benzene rings is 3. The highest BCUT2D eigenvalue weighted by Gasteiger charge is 2.14. The molecule has 144 valence electrons. The molecule has 1 aromatic heterocycles. The molecule has 4 rings (SSSR count). The third-order valence-corrected chi connectivity index (χ3v) is 4.85. The van der Waals surface area contributed by atoms with E-state index in [1.807, 2.05) is 66.7 Å². The van der Waals surface area contributed by atoms with Gasteiger partial charge in [-0.1, -0.05) is 72.3 Å². The number of hydrogen-bond donors (Lipinski definition) is 1. The summed E-state index contributed by atoms with van der Waals surface area (Å²) in [6.45, 7) is 0.226. The molecule has 0 bridgehead atoms. The summed E-state index contributed by atoms with van der Waals surface area (Å²) in [5, 5.41) is 4.26. The first kappa shape index (κ1) is 18.9. The lowest BCUT2D eigenvalue weighted by Gasteiger charge is -2.13. The molecule has 4 aromatic rings. The molecule has 0 fully saturated rings. The van der Waals surface area contributed by atoms with Gasteiger partial charge in [-0.15, -0.1) is 0 Å². The molecule has 1 amide bonds. The summed E-state index contributed by atoms with van der Waals surface area (Å²) in [6, 6.07) is 24.3. The van der Waals surface area contributed by atoms with E-state index in [9.17, 15) is 9.59 Å². The minimum absolute atomic E-state index is 0.109. The minimum Gasteiger partial charge on any atom is -0.350 e. The first-order valence-corrected chi connectivity index (χ1v) is 9.56. The molecule has 1 N–H and O–H groups in total. The second-order valence-corrected chi connectivity index (χ2v) is 7.06. The smallest absolute Gasteiger partial charge is 0.349 e. The number of rotatable bonds is 5. The van der Waals surface area contributed by atoms with Crippen molar-refractivity contribution in [3.05, 3.63) is 99.9 Å². The van der Waals surface area contributed by atoms with Gasteiger partial charge in [0.05, 0.1) is 11.2 Å². The van der Waals surface area contributed by atoms with Crippen LogP contribution in [-0.2, 0) is 17.9 Å². The van der Waals surface area contributed by atoms with Crippen LogP contribution in [0, 0.1) is 0 Å². The minimum atomic E-state index is -0.458. The van der Waals surface area contributed by atoms with Gasteiger partial charge in [-0.3, -0.25) is 9.36 Å². The summed E-state index contributed by atoms with van der Waals surface area (Å²) in [5.41, 5.74) is 2.57. The van der Waals surface area contributed by atoms with Gasteiger partial charge < -0.3 is 5.32 Å². The fourth-order valence-electron chi connectivity index (χ4n) is 3.24. The number of fused-ring (bicyclic) bond motifs is 1. The van der Waals surface area contributed by atoms with Crippen molar-refractivity contribution in [1.29, 1.82) is 0 Å². The molecular formula is C23H18ClN3O2. The Balaban J connectivity index is 1.63. The molecule has 0 saturated heterocycles. The molecule has 0 spiro atoms. The van der Waals surface area contributed by atoms with Gasteiger partial charge in [-0.2, -0.15) is 4.98 Å². The highest BCUT2D eigenvalue weighted by molar-refractivity contribution is 6.30. The monoisotopic (exact) mass is 403 g/mol. The van der Waals surface area contributed by atoms with E-state index in [-0.39, 0.29) is 12.5 Å². The Kier molecular flexibility index (Phi) is 5.40. The molecule has 6 heteroatoms. The molecule has 0 radical (unpaired) electrons. The van der Waals surface area contributed by atoms with Gasteiger partial charge in [0.2, 0.25) is 5.91 Å². The largest absolute Gasteiger partial charge is 0.350 e. The van der Waals surface area contributed by atoms with E-state index >= 15 is 0 Å². The van der Waals surface area contributed by atoms with E-state index in [1.165, 1.54) is 4.57 Å². The molecule has 1 heterocycles. The second kappa shape index (κ2) is 8.29. The van der Waals surface area contributed by atoms with Crippen molar-refractivity contribution in [2.24, 2.45) is 0 Å². The number of carbonyl (C=O) groups excluding carboxylic acids is 1. The SMILES string of the molecule is O=C(Cn1c(=O)nc(-c2ccccc2)c2ccccc21)NCc1cccc(Cl)c1. The lowest BCUT2D eigenvalue weighted by atomic mass is 10.1. The third-order valence-electron chi connectivity index (χ3n) is 4.62. The number of hydrogen-bond acceptors (Lipinski definition) is 3. The molecule has 0 aliphatic rings. The van der Waals surface area contributed by atoms with E-state index in [0.717, 1.165) is 16.5 Å². The fraction of sp³-hybridized carbons (Fsp3) is 0.0870. The molecule has 29 heavy (non-hydrogen) atoms. The van der Waals surface area contributed by atoms with E-state index in [4.69, 9.17) is 11.6 Å². The van der Waals surface area contributed by atoms with Crippen LogP contribution in [0.2, 0.25) is 5.02 Å². The topological polar surface area (TPSA) is 64.0 Å². The van der Waals surface area contributed by atoms with Crippen LogP contribution < -0.4 is 11.0 Å². The fourth-order valence-corrected chi connectivity index (χ4v) is 3.46. The van der Waals surface area contributed by atoms with Gasteiger partial charge in [-0.25, -0.2) is 4.79 Å². The third kappa shape index (κ3) is 4.20. The number of amides is 1. The quantitative estimate of drug-likeness (QED) is 0.547. The molecule has 0 aliphatic carbocycles. The zero-order chi connectivity index (χ0) is 20.2. The molecule has 0 aliphatic heterocycles. The molecule has 0 unspecified atom stereocenters. The average Bonchev–Trinajstić information content (AvgIpc) is 2.75. The van der Waals surface area contributed by atoms with Gasteiger partial charge in [0.25, 0.3) is 0 Å². The number of nitrogens with zero attached hydrogens (tertiary/aromatic N) is 2. The van der Waals surface area contributed by atoms with E-state index in [2.05, 4.69) is 10.3 Å². The summed E-state index contributed by atoms with van der Waals surface area (Å²) in [6.07, 6.45) is 0. The number of carbonyl (C=O) groups is 1. The molecule has 0 atom stereocenters. The predicted octanol–water partition coefficient (Wildman–Crippen LogP) is 4.03. The molecular weight excluding hydrogens is 386 g/mol. The summed E-state index contributed by atoms with van der Waals surface area (Å²) in [7, 11) is 0. The first-order valence-electron chi connectivity index (χ1n) is 9.18. The van der Waals surface area contributed by atoms with E-state index in [0.29, 0.717) is 22.8 Å². The molecule has 0 saturated carbocycles. The van der Waals surface area contributed by atoms with Crippen molar-refractivity contribution in [3.8, 4) is 11.3 Å². The summed E-state index contributed by atoms with van der Waals surface area (Å²) in [4.78, 5) is 29.5. The van der Waals surface area contributed by atoms with Crippen LogP contribution in [0.25, 0.3) is 22.2 Å². The van der Waals surface area contributed by atoms with Crippen LogP contribution in [0.5, 0.6) is 0 Å².